The van der Waals surface area contributed by atoms with Crippen molar-refractivity contribution < 1.29 is 0 Å². The Balaban J connectivity index is 4.19. The molecule has 0 spiro atoms. The van der Waals surface area contributed by atoms with Gasteiger partial charge in [-0.15, -0.1) is 0 Å². The van der Waals surface area contributed by atoms with E-state index in [4.69, 9.17) is 0 Å². The van der Waals surface area contributed by atoms with E-state index in [1.54, 1.807) is 0 Å². The van der Waals surface area contributed by atoms with Gasteiger partial charge in [-0.2, -0.15) is 0 Å². The monoisotopic (exact) mass is 320 g/mol. The molecule has 0 saturated carbocycles. The van der Waals surface area contributed by atoms with Crippen LogP contribution in [0, 0.1) is 5.92 Å². The van der Waals surface area contributed by atoms with Crippen molar-refractivity contribution in [2.24, 2.45) is 10.9 Å². The fourth-order valence-corrected chi connectivity index (χ4v) is 2.60. The molecule has 2 heteroatoms. The number of rotatable bonds is 14. The SMILES string of the molecule is C=C(/C=C\C=N/C(C)C(C)CC)NC(CCC)CCCCCC. The lowest BCUT2D eigenvalue weighted by atomic mass is 10.0. The summed E-state index contributed by atoms with van der Waals surface area (Å²) in [6, 6.07) is 0.947. The topological polar surface area (TPSA) is 24.4 Å². The van der Waals surface area contributed by atoms with Crippen LogP contribution in [0.4, 0.5) is 0 Å². The van der Waals surface area contributed by atoms with E-state index < -0.39 is 0 Å². The first-order chi connectivity index (χ1) is 11.0. The second-order valence-corrected chi connectivity index (χ2v) is 6.79. The predicted molar refractivity (Wildman–Crippen MR) is 106 cm³/mol. The van der Waals surface area contributed by atoms with E-state index in [0.717, 1.165) is 5.70 Å². The number of hydrogen-bond donors (Lipinski definition) is 1. The summed E-state index contributed by atoms with van der Waals surface area (Å²) >= 11 is 0. The van der Waals surface area contributed by atoms with Gasteiger partial charge in [0.2, 0.25) is 0 Å². The molecule has 23 heavy (non-hydrogen) atoms. The van der Waals surface area contributed by atoms with E-state index >= 15 is 0 Å². The molecule has 0 aliphatic carbocycles. The normalized spacial score (nSPS) is 15.9. The van der Waals surface area contributed by atoms with Crippen molar-refractivity contribution in [3.63, 3.8) is 0 Å². The summed E-state index contributed by atoms with van der Waals surface area (Å²) < 4.78 is 0. The van der Waals surface area contributed by atoms with E-state index in [9.17, 15) is 0 Å². The molecule has 0 radical (unpaired) electrons. The van der Waals surface area contributed by atoms with Crippen molar-refractivity contribution in [3.8, 4) is 0 Å². The zero-order chi connectivity index (χ0) is 17.5. The van der Waals surface area contributed by atoms with E-state index in [-0.39, 0.29) is 0 Å². The number of nitrogens with zero attached hydrogens (tertiary/aromatic N) is 1. The summed E-state index contributed by atoms with van der Waals surface area (Å²) in [6.07, 6.45) is 16.1. The molecule has 0 saturated heterocycles. The second-order valence-electron chi connectivity index (χ2n) is 6.79. The number of hydrogen-bond acceptors (Lipinski definition) is 2. The third-order valence-corrected chi connectivity index (χ3v) is 4.60. The largest absolute Gasteiger partial charge is 0.383 e. The van der Waals surface area contributed by atoms with Crippen molar-refractivity contribution in [2.45, 2.75) is 98.1 Å². The summed E-state index contributed by atoms with van der Waals surface area (Å²) in [5, 5.41) is 3.57. The average molecular weight is 321 g/mol. The molecule has 2 nitrogen and oxygen atoms in total. The minimum atomic E-state index is 0.386. The van der Waals surface area contributed by atoms with Crippen LogP contribution < -0.4 is 5.32 Å². The zero-order valence-electron chi connectivity index (χ0n) is 16.3. The molecule has 3 atom stereocenters. The molecule has 0 aliphatic heterocycles. The molecule has 0 heterocycles. The zero-order valence-corrected chi connectivity index (χ0v) is 16.3. The molecule has 0 fully saturated rings. The van der Waals surface area contributed by atoms with Crippen molar-refractivity contribution in [2.75, 3.05) is 0 Å². The van der Waals surface area contributed by atoms with Gasteiger partial charge in [-0.3, -0.25) is 4.99 Å². The van der Waals surface area contributed by atoms with Crippen LogP contribution in [0.1, 0.15) is 86.0 Å². The Labute approximate surface area is 145 Å². The highest BCUT2D eigenvalue weighted by Gasteiger charge is 2.07. The molecule has 0 bridgehead atoms. The van der Waals surface area contributed by atoms with Crippen molar-refractivity contribution in [1.29, 1.82) is 0 Å². The van der Waals surface area contributed by atoms with Gasteiger partial charge in [0, 0.05) is 24.0 Å². The Hall–Kier alpha value is -1.05. The van der Waals surface area contributed by atoms with Crippen LogP contribution in [0.25, 0.3) is 0 Å². The molecule has 134 valence electrons. The van der Waals surface area contributed by atoms with Gasteiger partial charge in [0.15, 0.2) is 0 Å². The highest BCUT2D eigenvalue weighted by atomic mass is 14.9. The first-order valence-corrected chi connectivity index (χ1v) is 9.70. The summed E-state index contributed by atoms with van der Waals surface area (Å²) in [6.45, 7) is 15.3. The number of unbranched alkanes of at least 4 members (excludes halogenated alkanes) is 3. The molecular formula is C21H40N2. The van der Waals surface area contributed by atoms with Crippen molar-refractivity contribution >= 4 is 6.21 Å². The first kappa shape index (κ1) is 21.9. The number of allylic oxidation sites excluding steroid dienone is 2. The number of aliphatic imine (C=N–C) groups is 1. The first-order valence-electron chi connectivity index (χ1n) is 9.70. The van der Waals surface area contributed by atoms with Crippen LogP contribution >= 0.6 is 0 Å². The Morgan fingerprint density at radius 3 is 2.39 bits per heavy atom. The lowest BCUT2D eigenvalue weighted by molar-refractivity contribution is 0.464. The highest BCUT2D eigenvalue weighted by molar-refractivity contribution is 5.71. The van der Waals surface area contributed by atoms with Crippen LogP contribution in [-0.4, -0.2) is 18.3 Å². The maximum atomic E-state index is 4.57. The van der Waals surface area contributed by atoms with Crippen molar-refractivity contribution in [1.82, 2.24) is 5.32 Å². The van der Waals surface area contributed by atoms with Gasteiger partial charge < -0.3 is 5.32 Å². The molecule has 0 amide bonds. The fourth-order valence-electron chi connectivity index (χ4n) is 2.60. The van der Waals surface area contributed by atoms with Crippen LogP contribution in [-0.2, 0) is 0 Å². The summed E-state index contributed by atoms with van der Waals surface area (Å²) in [5.74, 6) is 0.637. The molecule has 0 aromatic rings. The van der Waals surface area contributed by atoms with Crippen LogP contribution in [0.15, 0.2) is 29.4 Å². The smallest absolute Gasteiger partial charge is 0.0496 e. The second kappa shape index (κ2) is 14.5. The molecule has 1 N–H and O–H groups in total. The highest BCUT2D eigenvalue weighted by Crippen LogP contribution is 2.11. The predicted octanol–water partition coefficient (Wildman–Crippen LogP) is 6.29. The van der Waals surface area contributed by atoms with Gasteiger partial charge >= 0.3 is 0 Å². The van der Waals surface area contributed by atoms with Gasteiger partial charge in [-0.25, -0.2) is 0 Å². The lowest BCUT2D eigenvalue weighted by Crippen LogP contribution is -2.27. The standard InChI is InChI=1S/C21H40N2/c1-7-10-11-12-16-21(14-8-2)23-19(5)15-13-17-22-20(6)18(4)9-3/h13,15,17-18,20-21,23H,5,7-12,14,16H2,1-4,6H3/b15-13-,22-17-. The maximum Gasteiger partial charge on any atom is 0.0496 e. The van der Waals surface area contributed by atoms with E-state index in [1.165, 1.54) is 51.4 Å². The van der Waals surface area contributed by atoms with Gasteiger partial charge in [-0.1, -0.05) is 72.8 Å². The quantitative estimate of drug-likeness (QED) is 0.227. The summed E-state index contributed by atoms with van der Waals surface area (Å²) in [7, 11) is 0. The number of nitrogens with one attached hydrogen (secondary N) is 1. The van der Waals surface area contributed by atoms with Gasteiger partial charge in [0.25, 0.3) is 0 Å². The van der Waals surface area contributed by atoms with E-state index in [1.807, 2.05) is 18.4 Å². The Bertz CT molecular complexity index is 344. The van der Waals surface area contributed by atoms with Gasteiger partial charge in [-0.05, 0) is 37.8 Å². The third kappa shape index (κ3) is 12.1. The maximum absolute atomic E-state index is 4.57. The Kier molecular flexibility index (Phi) is 13.9. The lowest BCUT2D eigenvalue weighted by Gasteiger charge is -2.19. The molecule has 0 rings (SSSR count). The van der Waals surface area contributed by atoms with Gasteiger partial charge in [0.1, 0.15) is 0 Å². The summed E-state index contributed by atoms with van der Waals surface area (Å²) in [5.41, 5.74) is 1.00. The van der Waals surface area contributed by atoms with Crippen LogP contribution in [0.2, 0.25) is 0 Å². The summed E-state index contributed by atoms with van der Waals surface area (Å²) in [4.78, 5) is 4.57. The fraction of sp³-hybridized carbons (Fsp3) is 0.762. The Morgan fingerprint density at radius 2 is 1.78 bits per heavy atom. The van der Waals surface area contributed by atoms with Crippen molar-refractivity contribution in [3.05, 3.63) is 24.4 Å². The molecule has 0 aromatic heterocycles. The van der Waals surface area contributed by atoms with E-state index in [0.29, 0.717) is 18.0 Å². The van der Waals surface area contributed by atoms with Gasteiger partial charge in [0.05, 0.1) is 0 Å². The Morgan fingerprint density at radius 1 is 1.04 bits per heavy atom. The minimum absolute atomic E-state index is 0.386. The molecular weight excluding hydrogens is 280 g/mol. The third-order valence-electron chi connectivity index (χ3n) is 4.60. The van der Waals surface area contributed by atoms with E-state index in [2.05, 4.69) is 51.5 Å². The van der Waals surface area contributed by atoms with Crippen LogP contribution in [0.5, 0.6) is 0 Å². The minimum Gasteiger partial charge on any atom is -0.383 e. The molecule has 0 aliphatic rings. The molecule has 0 aromatic carbocycles. The average Bonchev–Trinajstić information content (AvgIpc) is 2.54. The molecule has 3 unspecified atom stereocenters. The van der Waals surface area contributed by atoms with Crippen LogP contribution in [0.3, 0.4) is 0 Å².